The van der Waals surface area contributed by atoms with E-state index in [1.807, 2.05) is 53.1 Å². The minimum Gasteiger partial charge on any atom is -0.299 e. The third-order valence-corrected chi connectivity index (χ3v) is 4.22. The maximum Gasteiger partial charge on any atom is 0.189 e. The van der Waals surface area contributed by atoms with Crippen LogP contribution in [0.1, 0.15) is 21.6 Å². The van der Waals surface area contributed by atoms with Crippen molar-refractivity contribution in [1.29, 1.82) is 0 Å². The van der Waals surface area contributed by atoms with Crippen molar-refractivity contribution in [1.82, 2.24) is 9.38 Å². The highest BCUT2D eigenvalue weighted by Gasteiger charge is 2.24. The highest BCUT2D eigenvalue weighted by Crippen LogP contribution is 2.27. The fourth-order valence-corrected chi connectivity index (χ4v) is 3.07. The molecule has 0 fully saturated rings. The van der Waals surface area contributed by atoms with Crippen molar-refractivity contribution in [2.75, 3.05) is 0 Å². The van der Waals surface area contributed by atoms with Crippen molar-refractivity contribution in [2.24, 2.45) is 0 Å². The highest BCUT2D eigenvalue weighted by atomic mass is 79.9. The van der Waals surface area contributed by atoms with Crippen LogP contribution in [-0.4, -0.2) is 15.2 Å². The molecule has 0 bridgehead atoms. The van der Waals surface area contributed by atoms with Crippen LogP contribution in [-0.2, 0) is 6.42 Å². The van der Waals surface area contributed by atoms with Crippen LogP contribution in [0.3, 0.4) is 0 Å². The average Bonchev–Trinajstić information content (AvgIpc) is 3.02. The van der Waals surface area contributed by atoms with Gasteiger partial charge < -0.3 is 0 Å². The van der Waals surface area contributed by atoms with Crippen LogP contribution in [0.25, 0.3) is 11.7 Å². The van der Waals surface area contributed by atoms with Crippen molar-refractivity contribution in [3.8, 4) is 0 Å². The van der Waals surface area contributed by atoms with Gasteiger partial charge in [0.05, 0.1) is 11.9 Å². The van der Waals surface area contributed by atoms with Gasteiger partial charge in [-0.1, -0.05) is 24.3 Å². The van der Waals surface area contributed by atoms with E-state index in [4.69, 9.17) is 0 Å². The molecule has 0 radical (unpaired) electrons. The summed E-state index contributed by atoms with van der Waals surface area (Å²) in [5, 5.41) is 0. The molecule has 0 atom stereocenters. The topological polar surface area (TPSA) is 34.4 Å². The Balaban J connectivity index is 1.82. The first kappa shape index (κ1) is 12.5. The summed E-state index contributed by atoms with van der Waals surface area (Å²) in [6.45, 7) is 0. The lowest BCUT2D eigenvalue weighted by Crippen LogP contribution is -1.96. The summed E-state index contributed by atoms with van der Waals surface area (Å²) in [6, 6.07) is 11.7. The molecule has 4 rings (SSSR count). The Morgan fingerprint density at radius 3 is 2.90 bits per heavy atom. The Morgan fingerprint density at radius 2 is 2.05 bits per heavy atom. The minimum atomic E-state index is 0.121. The molecule has 2 aromatic heterocycles. The van der Waals surface area contributed by atoms with Gasteiger partial charge in [-0.2, -0.15) is 0 Å². The number of benzene rings is 1. The van der Waals surface area contributed by atoms with E-state index in [1.54, 1.807) is 6.20 Å². The number of halogens is 1. The molecular formula is C17H11BrN2O. The number of imidazole rings is 1. The summed E-state index contributed by atoms with van der Waals surface area (Å²) in [6.07, 6.45) is 6.39. The number of carbonyl (C=O) groups excluding carboxylic acids is 1. The number of hydrogen-bond acceptors (Lipinski definition) is 2. The van der Waals surface area contributed by atoms with Gasteiger partial charge in [0, 0.05) is 28.2 Å². The molecule has 1 aliphatic carbocycles. The van der Waals surface area contributed by atoms with Gasteiger partial charge in [-0.05, 0) is 39.7 Å². The third kappa shape index (κ3) is 2.03. The smallest absolute Gasteiger partial charge is 0.189 e. The minimum absolute atomic E-state index is 0.121. The van der Waals surface area contributed by atoms with Crippen molar-refractivity contribution in [3.63, 3.8) is 0 Å². The zero-order chi connectivity index (χ0) is 14.4. The van der Waals surface area contributed by atoms with E-state index in [1.165, 1.54) is 0 Å². The maximum absolute atomic E-state index is 12.4. The first-order valence-electron chi connectivity index (χ1n) is 6.68. The molecule has 21 heavy (non-hydrogen) atoms. The first-order valence-corrected chi connectivity index (χ1v) is 7.47. The summed E-state index contributed by atoms with van der Waals surface area (Å²) in [5.74, 6) is 0.121. The number of hydrogen-bond donors (Lipinski definition) is 0. The number of allylic oxidation sites excluding steroid dienone is 1. The van der Waals surface area contributed by atoms with E-state index in [9.17, 15) is 4.79 Å². The number of nitrogens with zero attached hydrogens (tertiary/aromatic N) is 2. The van der Waals surface area contributed by atoms with Gasteiger partial charge in [-0.15, -0.1) is 0 Å². The second-order valence-electron chi connectivity index (χ2n) is 5.09. The summed E-state index contributed by atoms with van der Waals surface area (Å²) < 4.78 is 2.96. The quantitative estimate of drug-likeness (QED) is 0.630. The fourth-order valence-electron chi connectivity index (χ4n) is 2.73. The lowest BCUT2D eigenvalue weighted by Gasteiger charge is -1.99. The van der Waals surface area contributed by atoms with E-state index < -0.39 is 0 Å². The van der Waals surface area contributed by atoms with Gasteiger partial charge in [0.1, 0.15) is 5.65 Å². The fraction of sp³-hybridized carbons (Fsp3) is 0.0588. The van der Waals surface area contributed by atoms with E-state index in [0.29, 0.717) is 6.42 Å². The number of rotatable bonds is 1. The summed E-state index contributed by atoms with van der Waals surface area (Å²) in [7, 11) is 0. The van der Waals surface area contributed by atoms with Gasteiger partial charge in [0.15, 0.2) is 5.78 Å². The molecule has 102 valence electrons. The lowest BCUT2D eigenvalue weighted by atomic mass is 10.1. The molecule has 0 aliphatic heterocycles. The number of fused-ring (bicyclic) bond motifs is 2. The van der Waals surface area contributed by atoms with E-state index in [0.717, 1.165) is 32.5 Å². The molecule has 1 aromatic carbocycles. The Labute approximate surface area is 130 Å². The van der Waals surface area contributed by atoms with Gasteiger partial charge in [-0.25, -0.2) is 4.98 Å². The van der Waals surface area contributed by atoms with Gasteiger partial charge in [0.25, 0.3) is 0 Å². The van der Waals surface area contributed by atoms with Crippen LogP contribution in [0.15, 0.2) is 58.8 Å². The maximum atomic E-state index is 12.4. The van der Waals surface area contributed by atoms with Crippen molar-refractivity contribution >= 4 is 33.4 Å². The standard InChI is InChI=1S/C17H11BrN2O/c18-13-5-6-16-19-9-14(20(16)10-13)8-12-7-11-3-1-2-4-15(11)17(12)21/h1-6,8-10H,7H2. The van der Waals surface area contributed by atoms with Crippen LogP contribution < -0.4 is 0 Å². The molecule has 4 heteroatoms. The SMILES string of the molecule is O=C1C(=Cc2cnc3ccc(Br)cn23)Cc2ccccc21. The van der Waals surface area contributed by atoms with E-state index in [2.05, 4.69) is 20.9 Å². The Kier molecular flexibility index (Phi) is 2.79. The molecule has 3 aromatic rings. The summed E-state index contributed by atoms with van der Waals surface area (Å²) >= 11 is 3.46. The monoisotopic (exact) mass is 338 g/mol. The first-order chi connectivity index (χ1) is 10.2. The number of aromatic nitrogens is 2. The molecule has 0 saturated carbocycles. The van der Waals surface area contributed by atoms with Crippen LogP contribution in [0, 0.1) is 0 Å². The van der Waals surface area contributed by atoms with Gasteiger partial charge in [-0.3, -0.25) is 9.20 Å². The zero-order valence-electron chi connectivity index (χ0n) is 11.1. The molecule has 0 unspecified atom stereocenters. The van der Waals surface area contributed by atoms with Crippen LogP contribution in [0.5, 0.6) is 0 Å². The normalized spacial score (nSPS) is 15.9. The molecule has 0 N–H and O–H groups in total. The summed E-state index contributed by atoms with van der Waals surface area (Å²) in [5.41, 5.74) is 4.52. The van der Waals surface area contributed by atoms with Crippen LogP contribution in [0.2, 0.25) is 0 Å². The molecule has 3 nitrogen and oxygen atoms in total. The van der Waals surface area contributed by atoms with Crippen molar-refractivity contribution in [2.45, 2.75) is 6.42 Å². The second kappa shape index (κ2) is 4.67. The van der Waals surface area contributed by atoms with E-state index >= 15 is 0 Å². The number of carbonyl (C=O) groups is 1. The predicted molar refractivity (Wildman–Crippen MR) is 85.3 cm³/mol. The van der Waals surface area contributed by atoms with Gasteiger partial charge >= 0.3 is 0 Å². The Morgan fingerprint density at radius 1 is 1.19 bits per heavy atom. The third-order valence-electron chi connectivity index (χ3n) is 3.75. The average molecular weight is 339 g/mol. The van der Waals surface area contributed by atoms with Crippen molar-refractivity contribution in [3.05, 3.63) is 75.7 Å². The number of Topliss-reactive ketones (excluding diaryl/α,β-unsaturated/α-hetero) is 1. The van der Waals surface area contributed by atoms with Crippen LogP contribution >= 0.6 is 15.9 Å². The second-order valence-corrected chi connectivity index (χ2v) is 6.01. The highest BCUT2D eigenvalue weighted by molar-refractivity contribution is 9.10. The molecule has 1 aliphatic rings. The number of ketones is 1. The predicted octanol–water partition coefficient (Wildman–Crippen LogP) is 3.92. The lowest BCUT2D eigenvalue weighted by molar-refractivity contribution is 0.104. The Hall–Kier alpha value is -2.20. The molecule has 0 spiro atoms. The van der Waals surface area contributed by atoms with Gasteiger partial charge in [0.2, 0.25) is 0 Å². The Bertz CT molecular complexity index is 908. The zero-order valence-corrected chi connectivity index (χ0v) is 12.7. The molecule has 2 heterocycles. The largest absolute Gasteiger partial charge is 0.299 e. The van der Waals surface area contributed by atoms with E-state index in [-0.39, 0.29) is 5.78 Å². The van der Waals surface area contributed by atoms with Crippen LogP contribution in [0.4, 0.5) is 0 Å². The molecule has 0 saturated heterocycles. The summed E-state index contributed by atoms with van der Waals surface area (Å²) in [4.78, 5) is 16.8. The number of pyridine rings is 1. The van der Waals surface area contributed by atoms with Crippen molar-refractivity contribution < 1.29 is 4.79 Å². The molecule has 0 amide bonds. The molecular weight excluding hydrogens is 328 g/mol.